The summed E-state index contributed by atoms with van der Waals surface area (Å²) in [5.74, 6) is -2.73. The number of rotatable bonds is 4. The Bertz CT molecular complexity index is 514. The minimum absolute atomic E-state index is 0.110. The van der Waals surface area contributed by atoms with Crippen LogP contribution in [0.15, 0.2) is 18.2 Å². The highest BCUT2D eigenvalue weighted by atomic mass is 19.1. The van der Waals surface area contributed by atoms with Gasteiger partial charge in [0.05, 0.1) is 18.5 Å². The molecule has 96 valence electrons. The third-order valence-electron chi connectivity index (χ3n) is 2.07. The molecule has 1 rings (SSSR count). The van der Waals surface area contributed by atoms with Gasteiger partial charge >= 0.3 is 11.7 Å². The van der Waals surface area contributed by atoms with E-state index < -0.39 is 28.2 Å². The van der Waals surface area contributed by atoms with Gasteiger partial charge in [-0.25, -0.2) is 4.39 Å². The lowest BCUT2D eigenvalue weighted by Gasteiger charge is -1.99. The monoisotopic (exact) mass is 257 g/mol. The van der Waals surface area contributed by atoms with E-state index in [1.807, 2.05) is 0 Å². The molecule has 0 radical (unpaired) electrons. The maximum atomic E-state index is 13.3. The topological polar surface area (TPSA) is 69.4 Å². The molecule has 5 nitrogen and oxygen atoms in total. The average molecular weight is 257 g/mol. The van der Waals surface area contributed by atoms with Crippen LogP contribution in [0.25, 0.3) is 6.08 Å². The number of ether oxygens (including phenoxy) is 1. The zero-order valence-electron chi connectivity index (χ0n) is 9.35. The number of carbonyl (C=O) groups excluding carboxylic acids is 1. The minimum Gasteiger partial charge on any atom is -0.469 e. The van der Waals surface area contributed by atoms with Crippen LogP contribution in [0, 0.1) is 21.7 Å². The number of carbonyl (C=O) groups is 1. The highest BCUT2D eigenvalue weighted by Crippen LogP contribution is 2.22. The lowest BCUT2D eigenvalue weighted by molar-refractivity contribution is -0.387. The van der Waals surface area contributed by atoms with Crippen molar-refractivity contribution in [1.82, 2.24) is 0 Å². The number of benzene rings is 1. The number of hydrogen-bond donors (Lipinski definition) is 0. The molecule has 0 fully saturated rings. The molecule has 18 heavy (non-hydrogen) atoms. The number of nitro groups is 1. The van der Waals surface area contributed by atoms with Crippen molar-refractivity contribution >= 4 is 17.7 Å². The van der Waals surface area contributed by atoms with Crippen LogP contribution in [0.3, 0.4) is 0 Å². The summed E-state index contributed by atoms with van der Waals surface area (Å²) in [5.41, 5.74) is -0.999. The Kier molecular flexibility index (Phi) is 4.47. The molecule has 0 N–H and O–H groups in total. The maximum Gasteiger partial charge on any atom is 0.309 e. The summed E-state index contributed by atoms with van der Waals surface area (Å²) in [4.78, 5) is 20.3. The quantitative estimate of drug-likeness (QED) is 0.472. The zero-order chi connectivity index (χ0) is 13.7. The summed E-state index contributed by atoms with van der Waals surface area (Å²) in [6, 6.07) is 1.19. The summed E-state index contributed by atoms with van der Waals surface area (Å²) in [6.07, 6.45) is 2.31. The van der Waals surface area contributed by atoms with E-state index in [9.17, 15) is 23.7 Å². The number of nitro benzene ring substituents is 1. The van der Waals surface area contributed by atoms with E-state index >= 15 is 0 Å². The van der Waals surface area contributed by atoms with Crippen molar-refractivity contribution in [2.75, 3.05) is 7.11 Å². The fraction of sp³-hybridized carbons (Fsp3) is 0.182. The summed E-state index contributed by atoms with van der Waals surface area (Å²) < 4.78 is 30.6. The zero-order valence-corrected chi connectivity index (χ0v) is 9.35. The number of esters is 1. The number of nitrogens with zero attached hydrogens (tertiary/aromatic N) is 1. The van der Waals surface area contributed by atoms with E-state index in [2.05, 4.69) is 4.74 Å². The summed E-state index contributed by atoms with van der Waals surface area (Å²) >= 11 is 0. The van der Waals surface area contributed by atoms with Gasteiger partial charge in [0.2, 0.25) is 5.82 Å². The van der Waals surface area contributed by atoms with Gasteiger partial charge in [-0.1, -0.05) is 12.2 Å². The molecule has 1 aromatic carbocycles. The van der Waals surface area contributed by atoms with Crippen LogP contribution in [-0.4, -0.2) is 18.0 Å². The maximum absolute atomic E-state index is 13.3. The molecule has 0 aromatic heterocycles. The first kappa shape index (κ1) is 13.8. The SMILES string of the molecule is COC(=O)CC=Cc1cc([N+](=O)[O-])c(F)cc1F. The number of hydrogen-bond acceptors (Lipinski definition) is 4. The van der Waals surface area contributed by atoms with Crippen molar-refractivity contribution in [3.63, 3.8) is 0 Å². The first-order valence-corrected chi connectivity index (χ1v) is 4.82. The molecule has 0 aliphatic rings. The van der Waals surface area contributed by atoms with Crippen LogP contribution < -0.4 is 0 Å². The van der Waals surface area contributed by atoms with Crippen LogP contribution in [-0.2, 0) is 9.53 Å². The van der Waals surface area contributed by atoms with Crippen LogP contribution >= 0.6 is 0 Å². The van der Waals surface area contributed by atoms with Gasteiger partial charge in [0.1, 0.15) is 5.82 Å². The van der Waals surface area contributed by atoms with E-state index in [0.29, 0.717) is 6.07 Å². The Balaban J connectivity index is 2.99. The Labute approximate surface area is 101 Å². The molecule has 0 unspecified atom stereocenters. The third-order valence-corrected chi connectivity index (χ3v) is 2.07. The molecule has 0 atom stereocenters. The lowest BCUT2D eigenvalue weighted by atomic mass is 10.1. The molecule has 0 saturated heterocycles. The van der Waals surface area contributed by atoms with Crippen LogP contribution in [0.4, 0.5) is 14.5 Å². The van der Waals surface area contributed by atoms with Gasteiger partial charge in [-0.2, -0.15) is 4.39 Å². The van der Waals surface area contributed by atoms with Crippen LogP contribution in [0.1, 0.15) is 12.0 Å². The second kappa shape index (κ2) is 5.85. The smallest absolute Gasteiger partial charge is 0.309 e. The van der Waals surface area contributed by atoms with Crippen molar-refractivity contribution < 1.29 is 23.2 Å². The number of methoxy groups -OCH3 is 1. The molecule has 0 saturated carbocycles. The number of halogens is 2. The second-order valence-corrected chi connectivity index (χ2v) is 3.26. The van der Waals surface area contributed by atoms with Gasteiger partial charge in [-0.3, -0.25) is 14.9 Å². The fourth-order valence-electron chi connectivity index (χ4n) is 1.19. The first-order chi connectivity index (χ1) is 8.45. The van der Waals surface area contributed by atoms with Crippen molar-refractivity contribution in [1.29, 1.82) is 0 Å². The van der Waals surface area contributed by atoms with E-state index in [4.69, 9.17) is 0 Å². The van der Waals surface area contributed by atoms with Gasteiger partial charge in [-0.15, -0.1) is 0 Å². The van der Waals surface area contributed by atoms with Gasteiger partial charge in [0, 0.05) is 17.7 Å². The van der Waals surface area contributed by atoms with E-state index in [0.717, 1.165) is 12.1 Å². The first-order valence-electron chi connectivity index (χ1n) is 4.82. The third kappa shape index (κ3) is 3.34. The standard InChI is InChI=1S/C11H9F2NO4/c1-18-11(15)4-2-3-7-5-10(14(16)17)9(13)6-8(7)12/h2-3,5-6H,4H2,1H3. The fourth-order valence-corrected chi connectivity index (χ4v) is 1.19. The molecule has 0 spiro atoms. The highest BCUT2D eigenvalue weighted by Gasteiger charge is 2.17. The largest absolute Gasteiger partial charge is 0.469 e. The summed E-state index contributed by atoms with van der Waals surface area (Å²) in [6.45, 7) is 0. The van der Waals surface area contributed by atoms with E-state index in [-0.39, 0.29) is 12.0 Å². The molecule has 0 heterocycles. The van der Waals surface area contributed by atoms with Gasteiger partial charge in [0.15, 0.2) is 0 Å². The molecular formula is C11H9F2NO4. The van der Waals surface area contributed by atoms with Crippen molar-refractivity contribution in [2.24, 2.45) is 0 Å². The summed E-state index contributed by atoms with van der Waals surface area (Å²) in [5, 5.41) is 10.5. The van der Waals surface area contributed by atoms with Gasteiger partial charge < -0.3 is 4.74 Å². The van der Waals surface area contributed by atoms with E-state index in [1.54, 1.807) is 0 Å². The van der Waals surface area contributed by atoms with Crippen LogP contribution in [0.2, 0.25) is 0 Å². The minimum atomic E-state index is -1.25. The molecule has 0 aliphatic heterocycles. The van der Waals surface area contributed by atoms with Gasteiger partial charge in [0.25, 0.3) is 0 Å². The Morgan fingerprint density at radius 2 is 2.11 bits per heavy atom. The van der Waals surface area contributed by atoms with Crippen molar-refractivity contribution in [3.8, 4) is 0 Å². The molecule has 7 heteroatoms. The van der Waals surface area contributed by atoms with Gasteiger partial charge in [-0.05, 0) is 0 Å². The van der Waals surface area contributed by atoms with Crippen molar-refractivity contribution in [3.05, 3.63) is 45.5 Å². The predicted octanol–water partition coefficient (Wildman–Crippen LogP) is 2.45. The Morgan fingerprint density at radius 3 is 2.67 bits per heavy atom. The molecule has 0 bridgehead atoms. The second-order valence-electron chi connectivity index (χ2n) is 3.26. The summed E-state index contributed by atoms with van der Waals surface area (Å²) in [7, 11) is 1.19. The molecule has 0 amide bonds. The van der Waals surface area contributed by atoms with Crippen molar-refractivity contribution in [2.45, 2.75) is 6.42 Å². The predicted molar refractivity (Wildman–Crippen MR) is 58.7 cm³/mol. The molecule has 1 aromatic rings. The van der Waals surface area contributed by atoms with E-state index in [1.165, 1.54) is 13.2 Å². The lowest BCUT2D eigenvalue weighted by Crippen LogP contribution is -1.97. The highest BCUT2D eigenvalue weighted by molar-refractivity contribution is 5.72. The Morgan fingerprint density at radius 1 is 1.44 bits per heavy atom. The molecule has 0 aliphatic carbocycles. The van der Waals surface area contributed by atoms with Crippen LogP contribution in [0.5, 0.6) is 0 Å². The normalized spacial score (nSPS) is 10.6. The molecular weight excluding hydrogens is 248 g/mol. The Hall–Kier alpha value is -2.31. The average Bonchev–Trinajstić information content (AvgIpc) is 2.31.